The molecular weight excluding hydrogens is 312 g/mol. The monoisotopic (exact) mass is 336 g/mol. The lowest BCUT2D eigenvalue weighted by Gasteiger charge is -2.53. The lowest BCUT2D eigenvalue weighted by molar-refractivity contribution is -0.202. The first-order valence-corrected chi connectivity index (χ1v) is 9.44. The number of rotatable bonds is 5. The highest BCUT2D eigenvalue weighted by Gasteiger charge is 2.49. The van der Waals surface area contributed by atoms with Crippen LogP contribution in [-0.4, -0.2) is 47.2 Å². The van der Waals surface area contributed by atoms with Gasteiger partial charge in [-0.05, 0) is 32.1 Å². The molecule has 6 heteroatoms. The molecule has 1 unspecified atom stereocenters. The standard InChI is InChI=1S/C17H24N2O3S/c1-12-18-14(9-23-12)8-21-15-4-5-22-17(7-15)10-19(11-17)16(20)6-13-2-3-13/h9,13,15H,2-8,10-11H2,1H3. The maximum atomic E-state index is 12.1. The summed E-state index contributed by atoms with van der Waals surface area (Å²) in [5.41, 5.74) is 0.864. The molecule has 3 aliphatic rings. The van der Waals surface area contributed by atoms with Crippen LogP contribution in [0.1, 0.15) is 42.8 Å². The van der Waals surface area contributed by atoms with Gasteiger partial charge in [0.05, 0.1) is 36.5 Å². The molecule has 0 aromatic carbocycles. The minimum absolute atomic E-state index is 0.153. The summed E-state index contributed by atoms with van der Waals surface area (Å²) in [5.74, 6) is 0.965. The predicted octanol–water partition coefficient (Wildman–Crippen LogP) is 2.53. The highest BCUT2D eigenvalue weighted by molar-refractivity contribution is 7.09. The molecule has 2 saturated heterocycles. The van der Waals surface area contributed by atoms with Gasteiger partial charge in [0, 0.05) is 24.8 Å². The van der Waals surface area contributed by atoms with E-state index in [4.69, 9.17) is 9.47 Å². The minimum atomic E-state index is -0.153. The van der Waals surface area contributed by atoms with Crippen LogP contribution in [0, 0.1) is 12.8 Å². The number of carbonyl (C=O) groups is 1. The van der Waals surface area contributed by atoms with Gasteiger partial charge in [0.2, 0.25) is 5.91 Å². The quantitative estimate of drug-likeness (QED) is 0.829. The molecule has 4 rings (SSSR count). The molecular formula is C17H24N2O3S. The summed E-state index contributed by atoms with van der Waals surface area (Å²) >= 11 is 1.66. The van der Waals surface area contributed by atoms with Gasteiger partial charge in [0.25, 0.3) is 0 Å². The number of thiazole rings is 1. The fourth-order valence-electron chi connectivity index (χ4n) is 3.55. The molecule has 3 fully saturated rings. The average molecular weight is 336 g/mol. The van der Waals surface area contributed by atoms with E-state index in [9.17, 15) is 4.79 Å². The molecule has 23 heavy (non-hydrogen) atoms. The van der Waals surface area contributed by atoms with Crippen molar-refractivity contribution < 1.29 is 14.3 Å². The van der Waals surface area contributed by atoms with E-state index in [-0.39, 0.29) is 11.7 Å². The van der Waals surface area contributed by atoms with E-state index < -0.39 is 0 Å². The second-order valence-corrected chi connectivity index (χ2v) is 8.27. The zero-order chi connectivity index (χ0) is 15.9. The first-order chi connectivity index (χ1) is 11.1. The Morgan fingerprint density at radius 3 is 3.00 bits per heavy atom. The molecule has 1 spiro atoms. The largest absolute Gasteiger partial charge is 0.372 e. The van der Waals surface area contributed by atoms with Gasteiger partial charge < -0.3 is 14.4 Å². The van der Waals surface area contributed by atoms with Gasteiger partial charge in [-0.1, -0.05) is 0 Å². The first kappa shape index (κ1) is 15.5. The van der Waals surface area contributed by atoms with E-state index in [1.807, 2.05) is 11.8 Å². The number of aryl methyl sites for hydroxylation is 1. The van der Waals surface area contributed by atoms with Crippen LogP contribution in [0.15, 0.2) is 5.38 Å². The van der Waals surface area contributed by atoms with Crippen molar-refractivity contribution in [3.8, 4) is 0 Å². The third-order valence-electron chi connectivity index (χ3n) is 5.05. The van der Waals surface area contributed by atoms with Gasteiger partial charge >= 0.3 is 0 Å². The number of hydrogen-bond acceptors (Lipinski definition) is 5. The average Bonchev–Trinajstić information content (AvgIpc) is 3.22. The van der Waals surface area contributed by atoms with Crippen LogP contribution in [-0.2, 0) is 20.9 Å². The third kappa shape index (κ3) is 3.59. The van der Waals surface area contributed by atoms with Gasteiger partial charge in [0.15, 0.2) is 0 Å². The molecule has 1 atom stereocenters. The Kier molecular flexibility index (Phi) is 4.15. The summed E-state index contributed by atoms with van der Waals surface area (Å²) in [5, 5.41) is 3.14. The third-order valence-corrected chi connectivity index (χ3v) is 5.87. The number of aromatic nitrogens is 1. The van der Waals surface area contributed by atoms with Crippen molar-refractivity contribution in [1.29, 1.82) is 0 Å². The van der Waals surface area contributed by atoms with Gasteiger partial charge in [-0.25, -0.2) is 4.98 Å². The topological polar surface area (TPSA) is 51.7 Å². The highest BCUT2D eigenvalue weighted by Crippen LogP contribution is 2.38. The lowest BCUT2D eigenvalue weighted by Crippen LogP contribution is -2.67. The zero-order valence-electron chi connectivity index (χ0n) is 13.6. The van der Waals surface area contributed by atoms with E-state index in [2.05, 4.69) is 10.4 Å². The molecule has 1 aliphatic carbocycles. The van der Waals surface area contributed by atoms with Gasteiger partial charge in [-0.2, -0.15) is 0 Å². The molecule has 0 N–H and O–H groups in total. The Labute approximate surface area is 141 Å². The van der Waals surface area contributed by atoms with Crippen LogP contribution < -0.4 is 0 Å². The number of nitrogens with zero attached hydrogens (tertiary/aromatic N) is 2. The number of ether oxygens (including phenoxy) is 2. The molecule has 0 radical (unpaired) electrons. The van der Waals surface area contributed by atoms with Crippen molar-refractivity contribution >= 4 is 17.2 Å². The van der Waals surface area contributed by atoms with Crippen LogP contribution in [0.3, 0.4) is 0 Å². The molecule has 2 aliphatic heterocycles. The molecule has 3 heterocycles. The van der Waals surface area contributed by atoms with Gasteiger partial charge in [0.1, 0.15) is 5.60 Å². The Balaban J connectivity index is 1.25. The summed E-state index contributed by atoms with van der Waals surface area (Å²) < 4.78 is 12.0. The molecule has 1 aromatic rings. The normalized spacial score (nSPS) is 26.3. The van der Waals surface area contributed by atoms with E-state index in [0.717, 1.165) is 49.7 Å². The molecule has 1 amide bonds. The van der Waals surface area contributed by atoms with Crippen molar-refractivity contribution in [2.24, 2.45) is 5.92 Å². The van der Waals surface area contributed by atoms with Gasteiger partial charge in [-0.3, -0.25) is 4.79 Å². The zero-order valence-corrected chi connectivity index (χ0v) is 14.4. The Hall–Kier alpha value is -0.980. The van der Waals surface area contributed by atoms with Crippen LogP contribution in [0.2, 0.25) is 0 Å². The van der Waals surface area contributed by atoms with Crippen molar-refractivity contribution in [2.45, 2.75) is 57.3 Å². The number of likely N-dealkylation sites (tertiary alicyclic amines) is 1. The molecule has 1 aromatic heterocycles. The summed E-state index contributed by atoms with van der Waals surface area (Å²) in [4.78, 5) is 18.5. The fraction of sp³-hybridized carbons (Fsp3) is 0.765. The summed E-state index contributed by atoms with van der Waals surface area (Å²) in [7, 11) is 0. The number of amides is 1. The van der Waals surface area contributed by atoms with Gasteiger partial charge in [-0.15, -0.1) is 11.3 Å². The van der Waals surface area contributed by atoms with Crippen LogP contribution in [0.4, 0.5) is 0 Å². The summed E-state index contributed by atoms with van der Waals surface area (Å²) in [6.07, 6.45) is 5.23. The Morgan fingerprint density at radius 2 is 2.30 bits per heavy atom. The molecule has 5 nitrogen and oxygen atoms in total. The molecule has 1 saturated carbocycles. The van der Waals surface area contributed by atoms with Crippen LogP contribution in [0.25, 0.3) is 0 Å². The number of hydrogen-bond donors (Lipinski definition) is 0. The van der Waals surface area contributed by atoms with Crippen molar-refractivity contribution in [1.82, 2.24) is 9.88 Å². The van der Waals surface area contributed by atoms with Crippen molar-refractivity contribution in [2.75, 3.05) is 19.7 Å². The molecule has 126 valence electrons. The Morgan fingerprint density at radius 1 is 1.48 bits per heavy atom. The van der Waals surface area contributed by atoms with Crippen molar-refractivity contribution in [3.63, 3.8) is 0 Å². The van der Waals surface area contributed by atoms with Crippen LogP contribution >= 0.6 is 11.3 Å². The highest BCUT2D eigenvalue weighted by atomic mass is 32.1. The number of carbonyl (C=O) groups excluding carboxylic acids is 1. The van der Waals surface area contributed by atoms with E-state index in [1.54, 1.807) is 11.3 Å². The van der Waals surface area contributed by atoms with E-state index in [1.165, 1.54) is 12.8 Å². The smallest absolute Gasteiger partial charge is 0.223 e. The second-order valence-electron chi connectivity index (χ2n) is 7.21. The Bertz CT molecular complexity index is 578. The summed E-state index contributed by atoms with van der Waals surface area (Å²) in [6.45, 7) is 4.81. The predicted molar refractivity (Wildman–Crippen MR) is 87.3 cm³/mol. The SMILES string of the molecule is Cc1nc(COC2CCOC3(C2)CN(C(=O)CC2CC2)C3)cs1. The van der Waals surface area contributed by atoms with E-state index >= 15 is 0 Å². The fourth-order valence-corrected chi connectivity index (χ4v) is 4.14. The summed E-state index contributed by atoms with van der Waals surface area (Å²) in [6, 6.07) is 0. The molecule has 0 bridgehead atoms. The maximum absolute atomic E-state index is 12.1. The second kappa shape index (κ2) is 6.15. The van der Waals surface area contributed by atoms with Crippen LogP contribution in [0.5, 0.6) is 0 Å². The van der Waals surface area contributed by atoms with Crippen molar-refractivity contribution in [3.05, 3.63) is 16.1 Å². The maximum Gasteiger partial charge on any atom is 0.223 e. The first-order valence-electron chi connectivity index (χ1n) is 8.56. The van der Waals surface area contributed by atoms with E-state index in [0.29, 0.717) is 18.4 Å². The lowest BCUT2D eigenvalue weighted by atomic mass is 9.84. The minimum Gasteiger partial charge on any atom is -0.372 e.